The summed E-state index contributed by atoms with van der Waals surface area (Å²) < 4.78 is 5.24. The minimum Gasteiger partial charge on any atom is -0.340 e. The van der Waals surface area contributed by atoms with Crippen molar-refractivity contribution in [3.05, 3.63) is 59.7 Å². The molecule has 0 saturated carbocycles. The van der Waals surface area contributed by atoms with Crippen LogP contribution in [0.2, 0.25) is 0 Å². The highest BCUT2D eigenvalue weighted by Gasteiger charge is 2.25. The Balaban J connectivity index is 1.92. The molecule has 1 aromatic heterocycles. The number of rotatable bonds is 4. The van der Waals surface area contributed by atoms with Crippen LogP contribution in [0.4, 0.5) is 0 Å². The second-order valence-electron chi connectivity index (χ2n) is 5.90. The van der Waals surface area contributed by atoms with Crippen molar-refractivity contribution in [3.63, 3.8) is 0 Å². The Hall–Kier alpha value is -2.69. The van der Waals surface area contributed by atoms with E-state index in [1.54, 1.807) is 6.92 Å². The van der Waals surface area contributed by atoms with Gasteiger partial charge in [0.05, 0.1) is 0 Å². The first kappa shape index (κ1) is 15.2. The van der Waals surface area contributed by atoms with Crippen LogP contribution < -0.4 is 5.32 Å². The summed E-state index contributed by atoms with van der Waals surface area (Å²) in [6, 6.07) is 13.2. The molecule has 1 N–H and O–H groups in total. The number of nitrogens with one attached hydrogen (secondary N) is 1. The van der Waals surface area contributed by atoms with Crippen LogP contribution in [0.1, 0.15) is 42.0 Å². The molecule has 0 aliphatic carbocycles. The smallest absolute Gasteiger partial charge is 0.252 e. The number of aromatic nitrogens is 2. The molecular weight excluding hydrogens is 290 g/mol. The lowest BCUT2D eigenvalue weighted by atomic mass is 10.0. The summed E-state index contributed by atoms with van der Waals surface area (Å²) in [4.78, 5) is 17.0. The van der Waals surface area contributed by atoms with Gasteiger partial charge in [-0.05, 0) is 29.7 Å². The predicted octanol–water partition coefficient (Wildman–Crippen LogP) is 3.66. The van der Waals surface area contributed by atoms with Crippen LogP contribution in [0.15, 0.2) is 47.0 Å². The first-order valence-electron chi connectivity index (χ1n) is 7.65. The molecule has 1 atom stereocenters. The number of carbonyl (C=O) groups is 1. The molecule has 118 valence electrons. The fourth-order valence-electron chi connectivity index (χ4n) is 2.60. The SMILES string of the molecule is Cc1noc(C(NC(=O)c2cccc3ccccc23)C(C)C)n1. The summed E-state index contributed by atoms with van der Waals surface area (Å²) in [5.41, 5.74) is 0.644. The molecule has 0 radical (unpaired) electrons. The Morgan fingerprint density at radius 3 is 2.57 bits per heavy atom. The number of hydrogen-bond acceptors (Lipinski definition) is 4. The highest BCUT2D eigenvalue weighted by Crippen LogP contribution is 2.23. The number of fused-ring (bicyclic) bond motifs is 1. The largest absolute Gasteiger partial charge is 0.340 e. The molecular formula is C18H19N3O2. The Labute approximate surface area is 134 Å². The van der Waals surface area contributed by atoms with Crippen LogP contribution in [-0.2, 0) is 0 Å². The van der Waals surface area contributed by atoms with E-state index in [2.05, 4.69) is 15.5 Å². The van der Waals surface area contributed by atoms with Gasteiger partial charge in [0.2, 0.25) is 5.89 Å². The second-order valence-corrected chi connectivity index (χ2v) is 5.90. The molecule has 0 spiro atoms. The average Bonchev–Trinajstić information content (AvgIpc) is 2.97. The van der Waals surface area contributed by atoms with Crippen molar-refractivity contribution in [2.45, 2.75) is 26.8 Å². The van der Waals surface area contributed by atoms with Crippen molar-refractivity contribution in [2.75, 3.05) is 0 Å². The van der Waals surface area contributed by atoms with E-state index >= 15 is 0 Å². The molecule has 1 amide bonds. The number of benzene rings is 2. The summed E-state index contributed by atoms with van der Waals surface area (Å²) in [7, 11) is 0. The standard InChI is InChI=1S/C18H19N3O2/c1-11(2)16(18-19-12(3)21-23-18)20-17(22)15-10-6-8-13-7-4-5-9-14(13)15/h4-11,16H,1-3H3,(H,20,22). The lowest BCUT2D eigenvalue weighted by Crippen LogP contribution is -2.32. The van der Waals surface area contributed by atoms with Crippen LogP contribution >= 0.6 is 0 Å². The zero-order valence-corrected chi connectivity index (χ0v) is 13.4. The van der Waals surface area contributed by atoms with Gasteiger partial charge in [-0.2, -0.15) is 4.98 Å². The second kappa shape index (κ2) is 6.20. The van der Waals surface area contributed by atoms with Gasteiger partial charge in [0.1, 0.15) is 6.04 Å². The van der Waals surface area contributed by atoms with Gasteiger partial charge >= 0.3 is 0 Å². The molecule has 1 heterocycles. The third-order valence-electron chi connectivity index (χ3n) is 3.80. The molecule has 5 nitrogen and oxygen atoms in total. The Morgan fingerprint density at radius 1 is 1.13 bits per heavy atom. The number of amides is 1. The zero-order chi connectivity index (χ0) is 16.4. The number of aryl methyl sites for hydroxylation is 1. The summed E-state index contributed by atoms with van der Waals surface area (Å²) in [6.45, 7) is 5.78. The Bertz CT molecular complexity index is 834. The predicted molar refractivity (Wildman–Crippen MR) is 88.0 cm³/mol. The summed E-state index contributed by atoms with van der Waals surface area (Å²) >= 11 is 0. The van der Waals surface area contributed by atoms with Gasteiger partial charge in [-0.25, -0.2) is 0 Å². The van der Waals surface area contributed by atoms with Crippen LogP contribution in [0.3, 0.4) is 0 Å². The maximum Gasteiger partial charge on any atom is 0.252 e. The van der Waals surface area contributed by atoms with E-state index in [9.17, 15) is 4.79 Å². The van der Waals surface area contributed by atoms with Crippen molar-refractivity contribution in [2.24, 2.45) is 5.92 Å². The molecule has 3 aromatic rings. The fraction of sp³-hybridized carbons (Fsp3) is 0.278. The third-order valence-corrected chi connectivity index (χ3v) is 3.80. The van der Waals surface area contributed by atoms with Gasteiger partial charge in [-0.15, -0.1) is 0 Å². The first-order chi connectivity index (χ1) is 11.1. The summed E-state index contributed by atoms with van der Waals surface area (Å²) in [6.07, 6.45) is 0. The van der Waals surface area contributed by atoms with Crippen LogP contribution in [0.5, 0.6) is 0 Å². The average molecular weight is 309 g/mol. The molecule has 0 bridgehead atoms. The third kappa shape index (κ3) is 3.08. The van der Waals surface area contributed by atoms with Crippen LogP contribution in [0.25, 0.3) is 10.8 Å². The van der Waals surface area contributed by atoms with Crippen LogP contribution in [0, 0.1) is 12.8 Å². The number of hydrogen-bond donors (Lipinski definition) is 1. The summed E-state index contributed by atoms with van der Waals surface area (Å²) in [5, 5.41) is 8.80. The van der Waals surface area contributed by atoms with E-state index in [0.717, 1.165) is 10.8 Å². The van der Waals surface area contributed by atoms with Gasteiger partial charge in [0.15, 0.2) is 5.82 Å². The van der Waals surface area contributed by atoms with Gasteiger partial charge < -0.3 is 9.84 Å². The Morgan fingerprint density at radius 2 is 1.87 bits per heavy atom. The van der Waals surface area contributed by atoms with Crippen molar-refractivity contribution < 1.29 is 9.32 Å². The number of carbonyl (C=O) groups excluding carboxylic acids is 1. The fourth-order valence-corrected chi connectivity index (χ4v) is 2.60. The topological polar surface area (TPSA) is 68.0 Å². The van der Waals surface area contributed by atoms with E-state index in [-0.39, 0.29) is 17.9 Å². The molecule has 2 aromatic carbocycles. The molecule has 0 aliphatic heterocycles. The van der Waals surface area contributed by atoms with Gasteiger partial charge in [0.25, 0.3) is 5.91 Å². The van der Waals surface area contributed by atoms with Crippen LogP contribution in [-0.4, -0.2) is 16.0 Å². The molecule has 0 saturated heterocycles. The molecule has 1 unspecified atom stereocenters. The van der Waals surface area contributed by atoms with Crippen molar-refractivity contribution in [1.82, 2.24) is 15.5 Å². The minimum absolute atomic E-state index is 0.133. The molecule has 5 heteroatoms. The first-order valence-corrected chi connectivity index (χ1v) is 7.65. The van der Waals surface area contributed by atoms with Crippen molar-refractivity contribution in [1.29, 1.82) is 0 Å². The van der Waals surface area contributed by atoms with E-state index in [4.69, 9.17) is 4.52 Å². The lowest BCUT2D eigenvalue weighted by Gasteiger charge is -2.19. The maximum absolute atomic E-state index is 12.8. The van der Waals surface area contributed by atoms with Gasteiger partial charge in [0, 0.05) is 5.56 Å². The highest BCUT2D eigenvalue weighted by atomic mass is 16.5. The van der Waals surface area contributed by atoms with E-state index in [0.29, 0.717) is 17.3 Å². The van der Waals surface area contributed by atoms with Crippen molar-refractivity contribution >= 4 is 16.7 Å². The monoisotopic (exact) mass is 309 g/mol. The van der Waals surface area contributed by atoms with Crippen molar-refractivity contribution in [3.8, 4) is 0 Å². The van der Waals surface area contributed by atoms with E-state index in [1.165, 1.54) is 0 Å². The minimum atomic E-state index is -0.317. The van der Waals surface area contributed by atoms with E-state index in [1.807, 2.05) is 56.3 Å². The van der Waals surface area contributed by atoms with Gasteiger partial charge in [-0.1, -0.05) is 55.4 Å². The molecule has 0 aliphatic rings. The lowest BCUT2D eigenvalue weighted by molar-refractivity contribution is 0.0915. The summed E-state index contributed by atoms with van der Waals surface area (Å²) in [5.74, 6) is 0.987. The Kier molecular flexibility index (Phi) is 4.10. The quantitative estimate of drug-likeness (QED) is 0.798. The number of nitrogens with zero attached hydrogens (tertiary/aromatic N) is 2. The maximum atomic E-state index is 12.8. The highest BCUT2D eigenvalue weighted by molar-refractivity contribution is 6.07. The molecule has 23 heavy (non-hydrogen) atoms. The molecule has 0 fully saturated rings. The van der Waals surface area contributed by atoms with E-state index < -0.39 is 0 Å². The van der Waals surface area contributed by atoms with Gasteiger partial charge in [-0.3, -0.25) is 4.79 Å². The normalized spacial score (nSPS) is 12.5. The molecule has 3 rings (SSSR count). The zero-order valence-electron chi connectivity index (χ0n) is 13.4.